The van der Waals surface area contributed by atoms with Crippen LogP contribution >= 0.6 is 0 Å². The molecule has 0 spiro atoms. The summed E-state index contributed by atoms with van der Waals surface area (Å²) in [4.78, 5) is 125. The van der Waals surface area contributed by atoms with Crippen LogP contribution in [0.4, 0.5) is 0 Å². The van der Waals surface area contributed by atoms with Crippen LogP contribution in [0.3, 0.4) is 0 Å². The predicted octanol–water partition coefficient (Wildman–Crippen LogP) is -3.66. The molecule has 0 fully saturated rings. The average molecular weight is 975 g/mol. The lowest BCUT2D eigenvalue weighted by Crippen LogP contribution is -2.60. The number of aromatic amines is 2. The molecule has 70 heavy (non-hydrogen) atoms. The number of guanidine groups is 1. The number of carbonyl (C=O) groups excluding carboxylic acids is 6. The summed E-state index contributed by atoms with van der Waals surface area (Å²) in [5.41, 5.74) is 18.5. The van der Waals surface area contributed by atoms with E-state index in [0.717, 1.165) is 0 Å². The van der Waals surface area contributed by atoms with E-state index in [1.165, 1.54) is 49.3 Å². The first kappa shape index (κ1) is 54.2. The van der Waals surface area contributed by atoms with Crippen LogP contribution in [-0.2, 0) is 64.0 Å². The van der Waals surface area contributed by atoms with Gasteiger partial charge in [-0.2, -0.15) is 0 Å². The van der Waals surface area contributed by atoms with Crippen molar-refractivity contribution >= 4 is 53.3 Å². The summed E-state index contributed by atoms with van der Waals surface area (Å²) in [6, 6.07) is 3.59. The molecule has 0 saturated heterocycles. The zero-order valence-electron chi connectivity index (χ0n) is 37.7. The number of carboxylic acids is 2. The molecule has 0 aliphatic carbocycles. The van der Waals surface area contributed by atoms with Gasteiger partial charge in [-0.3, -0.25) is 38.6 Å². The molecular weight excluding hydrogens is 917 g/mol. The SMILES string of the molecule is NC(N)=NCCC[C@H](NC(=O)[C@H](Cc1ccccc1)NC(=O)[C@H](CCC(=O)O)NC(=O)[C@H](Cc1ccc(O)cc1)NC(=O)[C@@H](N)CO)C(=O)N[C@@H](Cc1cnc[nH]1)C(=O)N[C@@H](Cc1cnc[nH]1)C(=O)O. The van der Waals surface area contributed by atoms with E-state index in [1.807, 2.05) is 0 Å². The molecule has 2 heterocycles. The van der Waals surface area contributed by atoms with Gasteiger partial charge < -0.3 is 79.5 Å². The van der Waals surface area contributed by atoms with Crippen molar-refractivity contribution in [3.8, 4) is 5.75 Å². The number of nitrogens with two attached hydrogens (primary N) is 3. The van der Waals surface area contributed by atoms with E-state index in [4.69, 9.17) is 17.2 Å². The van der Waals surface area contributed by atoms with Crippen LogP contribution in [0, 0.1) is 0 Å². The van der Waals surface area contributed by atoms with Gasteiger partial charge in [0.15, 0.2) is 5.96 Å². The van der Waals surface area contributed by atoms with Crippen molar-refractivity contribution in [2.75, 3.05) is 13.2 Å². The molecule has 376 valence electrons. The molecule has 18 N–H and O–H groups in total. The number of imidazole rings is 2. The van der Waals surface area contributed by atoms with Crippen molar-refractivity contribution < 1.29 is 58.8 Å². The topological polar surface area (TPSA) is 437 Å². The summed E-state index contributed by atoms with van der Waals surface area (Å²) in [5, 5.41) is 53.9. The predicted molar refractivity (Wildman–Crippen MR) is 248 cm³/mol. The van der Waals surface area contributed by atoms with Gasteiger partial charge in [0.2, 0.25) is 35.4 Å². The smallest absolute Gasteiger partial charge is 0.326 e. The highest BCUT2D eigenvalue weighted by Crippen LogP contribution is 2.13. The van der Waals surface area contributed by atoms with Crippen LogP contribution in [0.2, 0.25) is 0 Å². The van der Waals surface area contributed by atoms with Crippen molar-refractivity contribution in [3.05, 3.63) is 102 Å². The second-order valence-corrected chi connectivity index (χ2v) is 16.0. The quantitative estimate of drug-likeness (QED) is 0.0142. The first-order chi connectivity index (χ1) is 33.4. The van der Waals surface area contributed by atoms with Crippen molar-refractivity contribution in [2.24, 2.45) is 22.2 Å². The number of hydrogen-bond acceptors (Lipinski definition) is 14. The van der Waals surface area contributed by atoms with Crippen LogP contribution in [-0.4, -0.2) is 149 Å². The van der Waals surface area contributed by atoms with Gasteiger partial charge in [-0.25, -0.2) is 14.8 Å². The van der Waals surface area contributed by atoms with Crippen LogP contribution in [0.25, 0.3) is 0 Å². The fourth-order valence-electron chi connectivity index (χ4n) is 6.81. The lowest BCUT2D eigenvalue weighted by Gasteiger charge is -2.27. The maximum atomic E-state index is 14.4. The van der Waals surface area contributed by atoms with E-state index in [1.54, 1.807) is 30.3 Å². The molecule has 4 aromatic rings. The van der Waals surface area contributed by atoms with E-state index in [2.05, 4.69) is 56.8 Å². The van der Waals surface area contributed by atoms with E-state index >= 15 is 0 Å². The minimum atomic E-state index is -1.64. The van der Waals surface area contributed by atoms with Crippen molar-refractivity contribution in [1.82, 2.24) is 51.8 Å². The first-order valence-corrected chi connectivity index (χ1v) is 21.9. The standard InChI is InChI=1S/C44H58N14O12/c45-29(21-59)37(63)55-32(16-25-8-10-28(60)11-9-25)40(66)54-31(12-13-36(61)62)39(65)56-33(15-24-5-2-1-3-6-24)41(67)53-30(7-4-14-50-44(46)47)38(64)57-34(17-26-19-48-22-51-26)42(68)58-35(43(69)70)18-27-20-49-23-52-27/h1-3,5-6,8-11,19-20,22-23,29-35,59-60H,4,7,12-18,21,45H2,(H,48,51)(H,49,52)(H,53,67)(H,54,66)(H,55,63)(H,56,65)(H,57,64)(H,58,68)(H,61,62)(H,69,70)(H4,46,47,50)/t29-,30-,31-,32-,33-,34-,35-/m0/s1. The van der Waals surface area contributed by atoms with E-state index < -0.39 is 109 Å². The average Bonchev–Trinajstić information content (AvgIpc) is 4.06. The van der Waals surface area contributed by atoms with Gasteiger partial charge in [0.25, 0.3) is 0 Å². The number of nitrogens with one attached hydrogen (secondary N) is 8. The Kier molecular flexibility index (Phi) is 21.2. The van der Waals surface area contributed by atoms with Gasteiger partial charge in [0, 0.05) is 62.4 Å². The number of aromatic nitrogens is 4. The summed E-state index contributed by atoms with van der Waals surface area (Å²) < 4.78 is 0. The second-order valence-electron chi connectivity index (χ2n) is 16.0. The molecule has 26 heteroatoms. The Morgan fingerprint density at radius 3 is 1.50 bits per heavy atom. The molecule has 0 bridgehead atoms. The highest BCUT2D eigenvalue weighted by atomic mass is 16.4. The maximum absolute atomic E-state index is 14.4. The Morgan fingerprint density at radius 2 is 1.03 bits per heavy atom. The largest absolute Gasteiger partial charge is 0.508 e. The maximum Gasteiger partial charge on any atom is 0.326 e. The number of aliphatic hydroxyl groups excluding tert-OH is 1. The molecule has 2 aromatic heterocycles. The monoisotopic (exact) mass is 974 g/mol. The Hall–Kier alpha value is -8.39. The number of hydrogen-bond donors (Lipinski definition) is 15. The zero-order chi connectivity index (χ0) is 51.2. The van der Waals surface area contributed by atoms with Crippen molar-refractivity contribution in [2.45, 2.75) is 93.7 Å². The molecule has 7 atom stereocenters. The van der Waals surface area contributed by atoms with E-state index in [-0.39, 0.29) is 56.8 Å². The van der Waals surface area contributed by atoms with Gasteiger partial charge in [-0.15, -0.1) is 0 Å². The van der Waals surface area contributed by atoms with E-state index in [9.17, 15) is 58.8 Å². The van der Waals surface area contributed by atoms with Gasteiger partial charge in [-0.1, -0.05) is 42.5 Å². The lowest BCUT2D eigenvalue weighted by atomic mass is 10.0. The number of carboxylic acid groups (broad SMARTS) is 2. The molecule has 0 aliphatic heterocycles. The third-order valence-electron chi connectivity index (χ3n) is 10.5. The van der Waals surface area contributed by atoms with Crippen LogP contribution in [0.5, 0.6) is 5.75 Å². The molecule has 26 nitrogen and oxygen atoms in total. The number of aromatic hydroxyl groups is 1. The number of nitrogens with zero attached hydrogens (tertiary/aromatic N) is 3. The minimum absolute atomic E-state index is 0.00317. The summed E-state index contributed by atoms with van der Waals surface area (Å²) in [7, 11) is 0. The zero-order valence-corrected chi connectivity index (χ0v) is 37.7. The Morgan fingerprint density at radius 1 is 0.586 bits per heavy atom. The number of H-pyrrole nitrogens is 2. The van der Waals surface area contributed by atoms with Gasteiger partial charge in [-0.05, 0) is 42.5 Å². The third-order valence-corrected chi connectivity index (χ3v) is 10.5. The molecule has 0 unspecified atom stereocenters. The highest BCUT2D eigenvalue weighted by molar-refractivity contribution is 5.97. The van der Waals surface area contributed by atoms with Crippen LogP contribution in [0.1, 0.15) is 48.2 Å². The second kappa shape index (κ2) is 27.4. The van der Waals surface area contributed by atoms with Gasteiger partial charge >= 0.3 is 11.9 Å². The molecular formula is C44H58N14O12. The molecule has 0 saturated carbocycles. The first-order valence-electron chi connectivity index (χ1n) is 21.9. The van der Waals surface area contributed by atoms with Crippen LogP contribution < -0.4 is 49.1 Å². The van der Waals surface area contributed by atoms with Crippen LogP contribution in [0.15, 0.2) is 84.6 Å². The number of aliphatic imine (C=N–C) groups is 1. The number of amides is 6. The number of carbonyl (C=O) groups is 8. The Bertz CT molecular complexity index is 2380. The number of rotatable bonds is 29. The lowest BCUT2D eigenvalue weighted by molar-refractivity contribution is -0.142. The summed E-state index contributed by atoms with van der Waals surface area (Å²) in [5.74, 6) is -8.70. The molecule has 4 rings (SSSR count). The van der Waals surface area contributed by atoms with E-state index in [0.29, 0.717) is 22.5 Å². The number of aliphatic hydroxyl groups is 1. The number of benzene rings is 2. The summed E-state index contributed by atoms with van der Waals surface area (Å²) >= 11 is 0. The van der Waals surface area contributed by atoms with Crippen molar-refractivity contribution in [3.63, 3.8) is 0 Å². The Balaban J connectivity index is 1.63. The number of phenolic OH excluding ortho intramolecular Hbond substituents is 1. The third kappa shape index (κ3) is 18.4. The molecule has 0 aliphatic rings. The van der Waals surface area contributed by atoms with Gasteiger partial charge in [0.05, 0.1) is 19.3 Å². The number of aliphatic carboxylic acids is 2. The molecule has 0 radical (unpaired) electrons. The Labute approximate surface area is 400 Å². The van der Waals surface area contributed by atoms with Crippen molar-refractivity contribution in [1.29, 1.82) is 0 Å². The summed E-state index contributed by atoms with van der Waals surface area (Å²) in [6.45, 7) is -0.766. The minimum Gasteiger partial charge on any atom is -0.508 e. The fourth-order valence-corrected chi connectivity index (χ4v) is 6.81. The molecule has 6 amide bonds. The highest BCUT2D eigenvalue weighted by Gasteiger charge is 2.34. The normalized spacial score (nSPS) is 13.9. The van der Waals surface area contributed by atoms with Gasteiger partial charge in [0.1, 0.15) is 48.0 Å². The summed E-state index contributed by atoms with van der Waals surface area (Å²) in [6.07, 6.45) is 3.49. The number of phenols is 1. The molecule has 2 aromatic carbocycles. The fraction of sp³-hybridized carbons (Fsp3) is 0.386.